The summed E-state index contributed by atoms with van der Waals surface area (Å²) in [6.45, 7) is 5.14. The van der Waals surface area contributed by atoms with Crippen LogP contribution in [0.1, 0.15) is 54.9 Å². The van der Waals surface area contributed by atoms with Gasteiger partial charge in [-0.25, -0.2) is 26.3 Å². The minimum Gasteiger partial charge on any atom is -0.483 e. The fourth-order valence-corrected chi connectivity index (χ4v) is 4.67. The van der Waals surface area contributed by atoms with Crippen molar-refractivity contribution in [3.8, 4) is 16.9 Å². The maximum atomic E-state index is 15.1. The third-order valence-electron chi connectivity index (χ3n) is 6.68. The molecule has 2 nitrogen and oxygen atoms in total. The minimum absolute atomic E-state index is 0.00664. The van der Waals surface area contributed by atoms with E-state index < -0.39 is 52.7 Å². The minimum atomic E-state index is -1.03. The Morgan fingerprint density at radius 3 is 2.12 bits per heavy atom. The van der Waals surface area contributed by atoms with Gasteiger partial charge >= 0.3 is 0 Å². The zero-order chi connectivity index (χ0) is 28.8. The fraction of sp³-hybridized carbons (Fsp3) is 0.250. The highest BCUT2D eigenvalue weighted by molar-refractivity contribution is 5.69. The lowest BCUT2D eigenvalue weighted by Crippen LogP contribution is -2.21. The van der Waals surface area contributed by atoms with Gasteiger partial charge in [0, 0.05) is 17.0 Å². The first-order valence-corrected chi connectivity index (χ1v) is 12.9. The third-order valence-corrected chi connectivity index (χ3v) is 6.68. The Morgan fingerprint density at radius 1 is 0.925 bits per heavy atom. The van der Waals surface area contributed by atoms with Crippen LogP contribution in [-0.2, 0) is 4.74 Å². The number of halogens is 6. The largest absolute Gasteiger partial charge is 0.483 e. The van der Waals surface area contributed by atoms with E-state index in [1.165, 1.54) is 48.6 Å². The van der Waals surface area contributed by atoms with Crippen molar-refractivity contribution in [1.29, 1.82) is 0 Å². The van der Waals surface area contributed by atoms with E-state index in [0.717, 1.165) is 18.2 Å². The van der Waals surface area contributed by atoms with Gasteiger partial charge in [0.15, 0.2) is 29.0 Å². The maximum Gasteiger partial charge on any atom is 0.191 e. The van der Waals surface area contributed by atoms with E-state index in [0.29, 0.717) is 24.8 Å². The topological polar surface area (TPSA) is 18.5 Å². The molecule has 1 aliphatic heterocycles. The Bertz CT molecular complexity index is 1370. The van der Waals surface area contributed by atoms with Crippen molar-refractivity contribution in [2.45, 2.75) is 38.2 Å². The highest BCUT2D eigenvalue weighted by Gasteiger charge is 2.30. The molecule has 3 aromatic carbocycles. The van der Waals surface area contributed by atoms with Gasteiger partial charge in [0.05, 0.1) is 12.7 Å². The van der Waals surface area contributed by atoms with E-state index in [-0.39, 0.29) is 35.5 Å². The zero-order valence-electron chi connectivity index (χ0n) is 21.8. The lowest BCUT2D eigenvalue weighted by atomic mass is 9.87. The van der Waals surface area contributed by atoms with Gasteiger partial charge in [-0.3, -0.25) is 0 Å². The average Bonchev–Trinajstić information content (AvgIpc) is 2.95. The first kappa shape index (κ1) is 29.2. The summed E-state index contributed by atoms with van der Waals surface area (Å²) in [5.41, 5.74) is 0.803. The molecule has 0 bridgehead atoms. The van der Waals surface area contributed by atoms with Gasteiger partial charge in [-0.1, -0.05) is 49.9 Å². The molecule has 2 atom stereocenters. The quantitative estimate of drug-likeness (QED) is 0.148. The maximum absolute atomic E-state index is 15.1. The van der Waals surface area contributed by atoms with Crippen molar-refractivity contribution >= 4 is 5.83 Å². The van der Waals surface area contributed by atoms with Crippen LogP contribution in [0.2, 0.25) is 0 Å². The van der Waals surface area contributed by atoms with Gasteiger partial charge in [-0.15, -0.1) is 0 Å². The van der Waals surface area contributed by atoms with Crippen molar-refractivity contribution in [2.75, 3.05) is 13.2 Å². The molecule has 0 saturated carbocycles. The second-order valence-electron chi connectivity index (χ2n) is 9.41. The van der Waals surface area contributed by atoms with Crippen LogP contribution in [0.25, 0.3) is 17.0 Å². The Labute approximate surface area is 229 Å². The zero-order valence-corrected chi connectivity index (χ0v) is 21.8. The Hall–Kier alpha value is -3.78. The van der Waals surface area contributed by atoms with Crippen LogP contribution in [0.5, 0.6) is 5.75 Å². The second kappa shape index (κ2) is 13.0. The van der Waals surface area contributed by atoms with Gasteiger partial charge in [-0.2, -0.15) is 0 Å². The predicted octanol–water partition coefficient (Wildman–Crippen LogP) is 9.68. The van der Waals surface area contributed by atoms with Gasteiger partial charge in [0.25, 0.3) is 0 Å². The van der Waals surface area contributed by atoms with Gasteiger partial charge < -0.3 is 9.47 Å². The van der Waals surface area contributed by atoms with Gasteiger partial charge in [-0.05, 0) is 66.3 Å². The first-order valence-electron chi connectivity index (χ1n) is 12.9. The fourth-order valence-electron chi connectivity index (χ4n) is 4.67. The average molecular weight is 559 g/mol. The highest BCUT2D eigenvalue weighted by Crippen LogP contribution is 2.40. The summed E-state index contributed by atoms with van der Waals surface area (Å²) >= 11 is 0. The summed E-state index contributed by atoms with van der Waals surface area (Å²) in [6.07, 6.45) is 4.45. The number of ether oxygens (including phenoxy) is 2. The number of allylic oxidation sites excluding steroid dienone is 3. The molecule has 0 amide bonds. The van der Waals surface area contributed by atoms with E-state index in [4.69, 9.17) is 9.47 Å². The van der Waals surface area contributed by atoms with Crippen LogP contribution in [0.3, 0.4) is 0 Å². The molecule has 1 saturated heterocycles. The number of rotatable bonds is 9. The summed E-state index contributed by atoms with van der Waals surface area (Å²) < 4.78 is 98.0. The van der Waals surface area contributed by atoms with E-state index in [2.05, 4.69) is 6.58 Å². The molecule has 210 valence electrons. The molecule has 0 aromatic heterocycles. The predicted molar refractivity (Wildman–Crippen MR) is 143 cm³/mol. The van der Waals surface area contributed by atoms with E-state index in [1.54, 1.807) is 6.92 Å². The highest BCUT2D eigenvalue weighted by atomic mass is 19.2. The summed E-state index contributed by atoms with van der Waals surface area (Å²) in [4.78, 5) is 0. The Balaban J connectivity index is 1.47. The molecule has 0 spiro atoms. The van der Waals surface area contributed by atoms with Crippen molar-refractivity contribution in [3.63, 3.8) is 0 Å². The lowest BCUT2D eigenvalue weighted by molar-refractivity contribution is 0.000669. The monoisotopic (exact) mass is 558 g/mol. The normalized spacial score (nSPS) is 18.1. The molecule has 4 rings (SSSR count). The molecule has 3 aromatic rings. The van der Waals surface area contributed by atoms with Gasteiger partial charge in [0.2, 0.25) is 0 Å². The summed E-state index contributed by atoms with van der Waals surface area (Å²) in [7, 11) is 0. The van der Waals surface area contributed by atoms with Crippen LogP contribution in [-0.4, -0.2) is 13.2 Å². The number of hydrogen-bond acceptors (Lipinski definition) is 2. The molecule has 2 unspecified atom stereocenters. The molecule has 0 radical (unpaired) electrons. The van der Waals surface area contributed by atoms with E-state index in [1.807, 2.05) is 0 Å². The van der Waals surface area contributed by atoms with E-state index in [9.17, 15) is 17.6 Å². The van der Waals surface area contributed by atoms with Gasteiger partial charge in [0.1, 0.15) is 18.2 Å². The van der Waals surface area contributed by atoms with Crippen molar-refractivity contribution < 1.29 is 35.8 Å². The number of benzene rings is 3. The summed E-state index contributed by atoms with van der Waals surface area (Å²) in [6, 6.07) is 10.2. The van der Waals surface area contributed by atoms with E-state index >= 15 is 8.78 Å². The summed E-state index contributed by atoms with van der Waals surface area (Å²) in [5, 5.41) is 0. The van der Waals surface area contributed by atoms with Crippen LogP contribution < -0.4 is 4.74 Å². The molecule has 0 aliphatic carbocycles. The molecule has 1 heterocycles. The van der Waals surface area contributed by atoms with Crippen LogP contribution in [0, 0.1) is 23.3 Å². The van der Waals surface area contributed by atoms with Crippen molar-refractivity contribution in [1.82, 2.24) is 0 Å². The molecular formula is C32H28F6O2. The second-order valence-corrected chi connectivity index (χ2v) is 9.41. The molecule has 1 aliphatic rings. The van der Waals surface area contributed by atoms with Crippen LogP contribution in [0.4, 0.5) is 26.3 Å². The first-order chi connectivity index (χ1) is 19.2. The van der Waals surface area contributed by atoms with Crippen LogP contribution in [0.15, 0.2) is 79.2 Å². The SMILES string of the molecule is C=CCOc1c(F)cc(C2CCC(c3c(F)cc(-c4ccc(C(F)=C(F)C=CCC)cc4)cc3F)CO2)cc1F. The number of hydrogen-bond donors (Lipinski definition) is 0. The lowest BCUT2D eigenvalue weighted by Gasteiger charge is -2.30. The smallest absolute Gasteiger partial charge is 0.191 e. The summed E-state index contributed by atoms with van der Waals surface area (Å²) in [5.74, 6) is -6.42. The standard InChI is InChI=1S/C32H28F6O2/c1-3-5-6-24(33)31(38)20-9-7-19(8-10-20)22-14-25(34)30(26(35)15-22)21-11-12-29(40-18-21)23-16-27(36)32(28(37)17-23)39-13-4-2/h4-10,14-17,21,29H,2-3,11-13,18H2,1H3. The molecular weight excluding hydrogens is 530 g/mol. The molecule has 0 N–H and O–H groups in total. The molecule has 40 heavy (non-hydrogen) atoms. The third kappa shape index (κ3) is 6.50. The van der Waals surface area contributed by atoms with Crippen molar-refractivity contribution in [3.05, 3.63) is 119 Å². The Morgan fingerprint density at radius 2 is 1.57 bits per heavy atom. The molecule has 8 heteroatoms. The van der Waals surface area contributed by atoms with Crippen molar-refractivity contribution in [2.24, 2.45) is 0 Å². The molecule has 1 fully saturated rings. The van der Waals surface area contributed by atoms with Crippen LogP contribution >= 0.6 is 0 Å². The Kier molecular flexibility index (Phi) is 9.53.